The molecule has 132 heavy (non-hydrogen) atoms. The van der Waals surface area contributed by atoms with Gasteiger partial charge in [-0.3, -0.25) is 55.9 Å². The Bertz CT molecular complexity index is 4720. The molecular weight excluding hydrogens is 2330 g/mol. The van der Waals surface area contributed by atoms with E-state index < -0.39 is 81.7 Å². The summed E-state index contributed by atoms with van der Waals surface area (Å²) in [7, 11) is 0. The number of hydrogen-bond acceptors (Lipinski definition) is 29. The Morgan fingerprint density at radius 2 is 0.583 bits per heavy atom. The first-order valence-corrected chi connectivity index (χ1v) is 39.4. The molecule has 0 fully saturated rings. The second kappa shape index (κ2) is 81.5. The number of aliphatic carboxylic acids is 6. The molecule has 0 amide bonds. The van der Waals surface area contributed by atoms with E-state index in [1.165, 1.54) is 21.8 Å². The first kappa shape index (κ1) is 131. The van der Waals surface area contributed by atoms with Crippen LogP contribution in [0.5, 0.6) is 0 Å². The van der Waals surface area contributed by atoms with Crippen LogP contribution in [0, 0.1) is 59.9 Å². The minimum absolute atomic E-state index is 0. The van der Waals surface area contributed by atoms with Crippen LogP contribution in [-0.2, 0) is 250 Å². The van der Waals surface area contributed by atoms with E-state index in [4.69, 9.17) is 73.8 Å². The molecule has 0 saturated heterocycles. The van der Waals surface area contributed by atoms with Gasteiger partial charge in [0.1, 0.15) is 13.1 Å². The predicted molar refractivity (Wildman–Crippen MR) is 425 cm³/mol. The van der Waals surface area contributed by atoms with Crippen LogP contribution in [0.3, 0.4) is 0 Å². The van der Waals surface area contributed by atoms with E-state index in [0.717, 1.165) is 89.2 Å². The maximum absolute atomic E-state index is 11.7. The molecule has 3 radical (unpaired) electrons. The molecule has 59 heteroatoms. The molecule has 711 valence electrons. The SMILES string of the molecule is NCCCCn1cc(CN(CCc2ccc(NS(=O)[O-])cc2)Cc2cn(CCCCN)nn2)nn1.O=C(O)CC[C@@H](C(=O)O)n1cc(CN(CCc2ccc(NS(=O)[O-])cc2)Cc2cn([C@@H](CCC(=O)O)C(=O)O)nn2)nn1.O=C(O)Cn1cc(CN(CCc2ccc(NS(=O)[O-])cc2)Cc2cn(CC(=O)O)nn2)nn1.[C-]#[O+].[C-]#[O+].[C-]#[O+].[C-]#[O+].[C-]#[O+].[C-]#[O+].[C-]#[O+].[C-]#[O+].[C-]#[O+].[Re].[Re].[Re]. The molecule has 0 bridgehead atoms. The Hall–Kier alpha value is -11.5. The largest absolute Gasteiger partial charge is 0 e. The van der Waals surface area contributed by atoms with E-state index in [0.29, 0.717) is 105 Å². The van der Waals surface area contributed by atoms with Crippen molar-refractivity contribution in [3.63, 3.8) is 0 Å². The van der Waals surface area contributed by atoms with Gasteiger partial charge < -0.3 is 69.9 Å². The van der Waals surface area contributed by atoms with Crippen molar-refractivity contribution in [3.05, 3.63) is 221 Å². The average molecular weight is 2410 g/mol. The molecule has 9 aromatic rings. The zero-order valence-corrected chi connectivity index (χ0v) is 79.7. The second-order valence-corrected chi connectivity index (χ2v) is 27.0. The van der Waals surface area contributed by atoms with Crippen molar-refractivity contribution < 1.29 is 189 Å². The van der Waals surface area contributed by atoms with E-state index in [2.05, 4.69) is 141 Å². The Kier molecular flexibility index (Phi) is 81.0. The Morgan fingerprint density at radius 3 is 0.803 bits per heavy atom. The van der Waals surface area contributed by atoms with Gasteiger partial charge in [0.15, 0.2) is 12.1 Å². The van der Waals surface area contributed by atoms with Gasteiger partial charge in [0, 0.05) is 209 Å². The number of nitrogens with one attached hydrogen (secondary N) is 3. The topological polar surface area (TPSA) is 805 Å². The molecule has 6 heterocycles. The zero-order valence-electron chi connectivity index (χ0n) is 69.1. The maximum Gasteiger partial charge on any atom is 0 e. The molecule has 9 rings (SSSR count). The van der Waals surface area contributed by atoms with E-state index in [1.54, 1.807) is 73.1 Å². The number of unbranched alkanes of at least 4 members (excludes halogenated alkanes) is 2. The summed E-state index contributed by atoms with van der Waals surface area (Å²) >= 11 is -7.19. The minimum atomic E-state index is -2.47. The number of carbonyl (C=O) groups is 6. The number of aryl methyl sites for hydroxylation is 2. The van der Waals surface area contributed by atoms with Gasteiger partial charge in [0.2, 0.25) is 0 Å². The van der Waals surface area contributed by atoms with E-state index in [-0.39, 0.29) is 113 Å². The third-order valence-corrected chi connectivity index (χ3v) is 17.3. The number of nitrogens with two attached hydrogens (primary N) is 2. The Balaban J connectivity index is -0.000000413. The van der Waals surface area contributed by atoms with Gasteiger partial charge in [0.25, 0.3) is 0 Å². The molecular formula is C73H85N26O27Re3S3-3. The Morgan fingerprint density at radius 1 is 0.356 bits per heavy atom. The summed E-state index contributed by atoms with van der Waals surface area (Å²) in [4.78, 5) is 73.1. The molecule has 0 aliphatic carbocycles. The second-order valence-electron chi connectivity index (χ2n) is 25.0. The number of carboxylic acid groups (broad SMARTS) is 6. The number of carboxylic acids is 6. The molecule has 6 aromatic heterocycles. The first-order valence-electron chi connectivity index (χ1n) is 36.2. The smallest absolute Gasteiger partial charge is 0 e. The first-order chi connectivity index (χ1) is 62.2. The zero-order chi connectivity index (χ0) is 98.2. The molecule has 0 spiro atoms. The van der Waals surface area contributed by atoms with E-state index in [1.807, 2.05) is 43.7 Å². The summed E-state index contributed by atoms with van der Waals surface area (Å²) in [5.74, 6) is -6.89. The van der Waals surface area contributed by atoms with Crippen molar-refractivity contribution in [2.75, 3.05) is 46.9 Å². The van der Waals surface area contributed by atoms with Crippen LogP contribution in [0.25, 0.3) is 0 Å². The average Bonchev–Trinajstić information content (AvgIpc) is 1.70. The molecule has 0 saturated carbocycles. The summed E-state index contributed by atoms with van der Waals surface area (Å²) in [6, 6.07) is 18.5. The summed E-state index contributed by atoms with van der Waals surface area (Å²) < 4.78 is 148. The Labute approximate surface area is 802 Å². The van der Waals surface area contributed by atoms with Crippen molar-refractivity contribution in [2.24, 2.45) is 11.5 Å². The standard InChI is InChI=1S/C24H30N8O10S.C22H36N10O2S.C18H22N8O6S.9CO.3Re/c33-21(34)7-5-19(23(37)38)31-13-17(25-28-31)11-30(10-9-15-1-3-16(4-2-15)27-43(41)42)12-18-14-32(29-26-18)20(24(39)40)6-8-22(35)36;23-10-1-3-12-31-17-21(25-28-31)15-30(16-22-18-32(29-26-22)13-4-2-11-24)14-9-19-5-7-20(8-6-19)27-35(33)34;27-17(28)11-25-9-15(19-22-25)7-24(8-16-10-26(23-20-16)12-18(29)30)6-5-13-1-3-14(4-2-13)21-33(31)32;9*1-2;;;/h1-4,13-14,19-20,27H,5-12H2,(H,33,34)(H,35,36)(H,37,38)(H,39,40)(H,41,42);5-8,17-18,27H,1-4,9-16,23-24H2,(H,33,34);1-4,9-10,21H,5-8,11-12H2,(H,27,28)(H,29,30)(H,31,32);;;;;;;;;;;;/p-3/t19-,20-;;;;;;;;;;;;;;/m0............../s1. The normalized spacial score (nSPS) is 10.8. The van der Waals surface area contributed by atoms with Crippen molar-refractivity contribution in [2.45, 2.75) is 148 Å². The molecule has 13 N–H and O–H groups in total. The fourth-order valence-electron chi connectivity index (χ4n) is 10.9. The maximum atomic E-state index is 11.7. The van der Waals surface area contributed by atoms with Crippen molar-refractivity contribution in [1.29, 1.82) is 0 Å². The third kappa shape index (κ3) is 58.3. The number of nitrogens with zero attached hydrogens (tertiary/aromatic N) is 21. The number of hydrogen-bond donors (Lipinski definition) is 11. The van der Waals surface area contributed by atoms with Crippen LogP contribution in [-0.4, -0.2) is 230 Å². The summed E-state index contributed by atoms with van der Waals surface area (Å²) in [5, 5.41) is 103. The van der Waals surface area contributed by atoms with Crippen LogP contribution in [0.1, 0.15) is 114 Å². The number of benzene rings is 3. The van der Waals surface area contributed by atoms with Gasteiger partial charge in [-0.1, -0.05) is 67.7 Å². The van der Waals surface area contributed by atoms with Gasteiger partial charge in [-0.05, 0) is 124 Å². The van der Waals surface area contributed by atoms with E-state index >= 15 is 0 Å². The van der Waals surface area contributed by atoms with Gasteiger partial charge in [-0.2, -0.15) is 0 Å². The summed E-state index contributed by atoms with van der Waals surface area (Å²) in [5.41, 5.74) is 19.1. The van der Waals surface area contributed by atoms with Gasteiger partial charge >= 0.3 is 138 Å². The van der Waals surface area contributed by atoms with Gasteiger partial charge in [-0.25, -0.2) is 28.3 Å². The minimum Gasteiger partial charge on any atom is 0 e. The monoisotopic (exact) mass is 2410 g/mol. The number of anilines is 3. The summed E-state index contributed by atoms with van der Waals surface area (Å²) in [6.45, 7) is 46.8. The molecule has 3 unspecified atom stereocenters. The van der Waals surface area contributed by atoms with Gasteiger partial charge in [0.05, 0.1) is 59.0 Å². The van der Waals surface area contributed by atoms with Crippen LogP contribution < -0.4 is 25.6 Å². The van der Waals surface area contributed by atoms with Gasteiger partial charge in [-0.15, -0.1) is 30.6 Å². The fraction of sp³-hybridized carbons (Fsp3) is 0.384. The van der Waals surface area contributed by atoms with Crippen LogP contribution >= 0.6 is 0 Å². The van der Waals surface area contributed by atoms with Crippen molar-refractivity contribution >= 4 is 86.7 Å². The quantitative estimate of drug-likeness (QED) is 0.0105. The number of aromatic nitrogens is 18. The molecule has 3 aromatic carbocycles. The fourth-order valence-corrected chi connectivity index (χ4v) is 11.8. The third-order valence-electron chi connectivity index (χ3n) is 16.1. The summed E-state index contributed by atoms with van der Waals surface area (Å²) in [6.07, 6.45) is 14.5. The van der Waals surface area contributed by atoms with Crippen molar-refractivity contribution in [1.82, 2.24) is 105 Å². The molecule has 5 atom stereocenters. The predicted octanol–water partition coefficient (Wildman–Crippen LogP) is 0.244. The van der Waals surface area contributed by atoms with Crippen LogP contribution in [0.2, 0.25) is 0 Å². The van der Waals surface area contributed by atoms with Crippen molar-refractivity contribution in [3.8, 4) is 0 Å². The van der Waals surface area contributed by atoms with E-state index in [9.17, 15) is 65.3 Å². The molecule has 0 aliphatic heterocycles. The molecule has 53 nitrogen and oxygen atoms in total. The molecule has 0 aliphatic rings. The van der Waals surface area contributed by atoms with Crippen LogP contribution in [0.15, 0.2) is 110 Å². The van der Waals surface area contributed by atoms with Crippen LogP contribution in [0.4, 0.5) is 17.1 Å². The number of rotatable bonds is 49.